The van der Waals surface area contributed by atoms with Crippen molar-refractivity contribution in [2.75, 3.05) is 12.3 Å². The lowest BCUT2D eigenvalue weighted by molar-refractivity contribution is 0.184. The smallest absolute Gasteiger partial charge is 0.280 e. The molecule has 1 aromatic rings. The number of rotatable bonds is 0. The Morgan fingerprint density at radius 3 is 3.15 bits per heavy atom. The van der Waals surface area contributed by atoms with Crippen molar-refractivity contribution in [1.29, 1.82) is 0 Å². The predicted molar refractivity (Wildman–Crippen MR) is 42.5 cm³/mol. The molecule has 0 aromatic carbocycles. The highest BCUT2D eigenvalue weighted by molar-refractivity contribution is 5.12. The monoisotopic (exact) mass is 181 g/mol. The van der Waals surface area contributed by atoms with E-state index in [1.54, 1.807) is 0 Å². The Kier molecular flexibility index (Phi) is 1.59. The fourth-order valence-electron chi connectivity index (χ4n) is 1.06. The van der Waals surface area contributed by atoms with Crippen molar-refractivity contribution in [2.45, 2.75) is 6.23 Å². The second kappa shape index (κ2) is 2.63. The molecule has 0 unspecified atom stereocenters. The first-order valence-electron chi connectivity index (χ1n) is 3.63. The van der Waals surface area contributed by atoms with Gasteiger partial charge in [-0.05, 0) is 0 Å². The second-order valence-electron chi connectivity index (χ2n) is 2.57. The maximum Gasteiger partial charge on any atom is 0.280 e. The summed E-state index contributed by atoms with van der Waals surface area (Å²) in [6, 6.07) is 0. The number of anilines is 1. The van der Waals surface area contributed by atoms with Gasteiger partial charge < -0.3 is 10.8 Å². The van der Waals surface area contributed by atoms with Crippen LogP contribution in [0.1, 0.15) is 0 Å². The molecule has 2 rings (SSSR count). The van der Waals surface area contributed by atoms with Gasteiger partial charge in [0.2, 0.25) is 5.95 Å². The molecule has 0 spiro atoms. The van der Waals surface area contributed by atoms with Crippen LogP contribution in [0.4, 0.5) is 5.95 Å². The lowest BCUT2D eigenvalue weighted by Gasteiger charge is -2.04. The van der Waals surface area contributed by atoms with Gasteiger partial charge in [-0.1, -0.05) is 0 Å². The van der Waals surface area contributed by atoms with E-state index in [9.17, 15) is 4.79 Å². The minimum atomic E-state index is -0.959. The van der Waals surface area contributed by atoms with Gasteiger partial charge >= 0.3 is 0 Å². The third kappa shape index (κ3) is 1.29. The van der Waals surface area contributed by atoms with E-state index < -0.39 is 11.8 Å². The summed E-state index contributed by atoms with van der Waals surface area (Å²) < 4.78 is 0. The van der Waals surface area contributed by atoms with Crippen LogP contribution in [0.5, 0.6) is 0 Å². The molecule has 13 heavy (non-hydrogen) atoms. The van der Waals surface area contributed by atoms with Gasteiger partial charge in [0.05, 0.1) is 6.54 Å². The number of nitrogens with two attached hydrogens (primary N) is 1. The van der Waals surface area contributed by atoms with Crippen LogP contribution >= 0.6 is 0 Å². The first-order chi connectivity index (χ1) is 6.16. The Bertz CT molecular complexity index is 505. The molecule has 4 N–H and O–H groups in total. The van der Waals surface area contributed by atoms with Crippen LogP contribution in [0.3, 0.4) is 0 Å². The number of aromatic nitrogens is 2. The normalized spacial score (nSPS) is 19.9. The lowest BCUT2D eigenvalue weighted by atomic mass is 10.4. The van der Waals surface area contributed by atoms with Crippen molar-refractivity contribution >= 4 is 5.95 Å². The molecule has 1 aliphatic rings. The van der Waals surface area contributed by atoms with E-state index in [4.69, 9.17) is 10.8 Å². The summed E-state index contributed by atoms with van der Waals surface area (Å²) in [5, 5.41) is 9.11. The molecule has 0 aliphatic carbocycles. The van der Waals surface area contributed by atoms with Gasteiger partial charge in [0.1, 0.15) is 0 Å². The topological polar surface area (TPSA) is 117 Å². The molecule has 0 fully saturated rings. The minimum Gasteiger partial charge on any atom is -0.370 e. The van der Waals surface area contributed by atoms with Crippen molar-refractivity contribution in [3.05, 3.63) is 21.2 Å². The zero-order valence-corrected chi connectivity index (χ0v) is 6.56. The standard InChI is InChI=1S/C6H7N5O2/c7-6-10-4-3(5(13)11-6)9-2(12)1-8-4/h2,12H,1H2,(H3,7,8,10,11,13)/t2-/m1/s1. The number of fused-ring (bicyclic) bond motifs is 1. The molecule has 0 saturated carbocycles. The fraction of sp³-hybridized carbons (Fsp3) is 0.333. The molecule has 0 bridgehead atoms. The Morgan fingerprint density at radius 2 is 2.38 bits per heavy atom. The van der Waals surface area contributed by atoms with E-state index in [0.717, 1.165) is 0 Å². The Labute approximate surface area is 71.7 Å². The van der Waals surface area contributed by atoms with Crippen molar-refractivity contribution < 1.29 is 5.11 Å². The average molecular weight is 181 g/mol. The zero-order chi connectivity index (χ0) is 9.42. The van der Waals surface area contributed by atoms with E-state index in [0.29, 0.717) is 0 Å². The van der Waals surface area contributed by atoms with Crippen LogP contribution < -0.4 is 22.1 Å². The molecule has 7 nitrogen and oxygen atoms in total. The fourth-order valence-corrected chi connectivity index (χ4v) is 1.06. The van der Waals surface area contributed by atoms with Gasteiger partial charge in [-0.3, -0.25) is 14.8 Å². The van der Waals surface area contributed by atoms with Gasteiger partial charge in [-0.25, -0.2) is 4.99 Å². The van der Waals surface area contributed by atoms with E-state index in [1.807, 2.05) is 0 Å². The third-order valence-electron chi connectivity index (χ3n) is 1.58. The first-order valence-corrected chi connectivity index (χ1v) is 3.63. The van der Waals surface area contributed by atoms with Gasteiger partial charge in [0.15, 0.2) is 17.1 Å². The average Bonchev–Trinajstić information content (AvgIpc) is 2.06. The molecule has 68 valence electrons. The molecular weight excluding hydrogens is 174 g/mol. The maximum absolute atomic E-state index is 11.2. The quantitative estimate of drug-likeness (QED) is 0.393. The molecule has 1 aliphatic heterocycles. The summed E-state index contributed by atoms with van der Waals surface area (Å²) in [7, 11) is 0. The minimum absolute atomic E-state index is 0.000843. The molecule has 1 aromatic heterocycles. The summed E-state index contributed by atoms with van der Waals surface area (Å²) in [5.74, 6) is -0.000843. The number of aliphatic hydroxyl groups is 1. The molecule has 0 amide bonds. The van der Waals surface area contributed by atoms with Crippen molar-refractivity contribution in [3.8, 4) is 0 Å². The highest BCUT2D eigenvalue weighted by atomic mass is 16.3. The van der Waals surface area contributed by atoms with Crippen LogP contribution in [0, 0.1) is 0 Å². The van der Waals surface area contributed by atoms with Crippen molar-refractivity contribution in [2.24, 2.45) is 9.98 Å². The molecule has 0 radical (unpaired) electrons. The number of nitrogen functional groups attached to an aromatic ring is 1. The number of hydrogen-bond acceptors (Lipinski definition) is 6. The molecule has 2 heterocycles. The summed E-state index contributed by atoms with van der Waals surface area (Å²) >= 11 is 0. The Morgan fingerprint density at radius 1 is 1.62 bits per heavy atom. The number of hydrogen-bond donors (Lipinski definition) is 3. The van der Waals surface area contributed by atoms with Crippen molar-refractivity contribution in [3.63, 3.8) is 0 Å². The van der Waals surface area contributed by atoms with Crippen LogP contribution in [-0.2, 0) is 0 Å². The van der Waals surface area contributed by atoms with Gasteiger partial charge in [-0.2, -0.15) is 4.98 Å². The molecule has 1 atom stereocenters. The Balaban J connectivity index is 2.88. The highest BCUT2D eigenvalue weighted by Crippen LogP contribution is 1.85. The van der Waals surface area contributed by atoms with Crippen molar-refractivity contribution in [1.82, 2.24) is 9.97 Å². The van der Waals surface area contributed by atoms with Gasteiger partial charge in [-0.15, -0.1) is 0 Å². The SMILES string of the molecule is Nc1nc2c(c(=O)[nH]1)=N[C@H](O)CN=2. The summed E-state index contributed by atoms with van der Waals surface area (Å²) in [6.07, 6.45) is -0.959. The van der Waals surface area contributed by atoms with Gasteiger partial charge in [0, 0.05) is 0 Å². The van der Waals surface area contributed by atoms with Crippen LogP contribution in [0.25, 0.3) is 0 Å². The van der Waals surface area contributed by atoms with Crippen LogP contribution in [0.15, 0.2) is 14.8 Å². The summed E-state index contributed by atoms with van der Waals surface area (Å²) in [4.78, 5) is 24.7. The largest absolute Gasteiger partial charge is 0.370 e. The number of aliphatic hydroxyl groups excluding tert-OH is 1. The van der Waals surface area contributed by atoms with E-state index in [2.05, 4.69) is 20.0 Å². The Hall–Kier alpha value is -1.76. The molecule has 0 saturated heterocycles. The zero-order valence-electron chi connectivity index (χ0n) is 6.56. The summed E-state index contributed by atoms with van der Waals surface area (Å²) in [5.41, 5.74) is 4.99. The second-order valence-corrected chi connectivity index (χ2v) is 2.57. The van der Waals surface area contributed by atoms with E-state index >= 15 is 0 Å². The number of nitrogens with one attached hydrogen (secondary N) is 1. The first kappa shape index (κ1) is 7.87. The van der Waals surface area contributed by atoms with Crippen LogP contribution in [-0.4, -0.2) is 27.8 Å². The van der Waals surface area contributed by atoms with Crippen LogP contribution in [0.2, 0.25) is 0 Å². The molecular formula is C6H7N5O2. The highest BCUT2D eigenvalue weighted by Gasteiger charge is 2.08. The summed E-state index contributed by atoms with van der Waals surface area (Å²) in [6.45, 7) is 0.114. The number of H-pyrrole nitrogens is 1. The van der Waals surface area contributed by atoms with E-state index in [1.165, 1.54) is 0 Å². The molecule has 7 heteroatoms. The third-order valence-corrected chi connectivity index (χ3v) is 1.58. The number of nitrogens with zero attached hydrogens (tertiary/aromatic N) is 3. The lowest BCUT2D eigenvalue weighted by Crippen LogP contribution is -2.47. The number of aromatic amines is 1. The maximum atomic E-state index is 11.2. The van der Waals surface area contributed by atoms with Gasteiger partial charge in [0.25, 0.3) is 5.56 Å². The predicted octanol–water partition coefficient (Wildman–Crippen LogP) is -3.08. The van der Waals surface area contributed by atoms with E-state index in [-0.39, 0.29) is 23.3 Å².